The highest BCUT2D eigenvalue weighted by Gasteiger charge is 2.12. The second-order valence-corrected chi connectivity index (χ2v) is 6.20. The van der Waals surface area contributed by atoms with E-state index in [-0.39, 0.29) is 7.43 Å². The van der Waals surface area contributed by atoms with E-state index in [4.69, 9.17) is 15.2 Å². The topological polar surface area (TPSA) is 62.5 Å². The number of aromatic nitrogens is 3. The Morgan fingerprint density at radius 3 is 2.48 bits per heavy atom. The maximum atomic E-state index is 9.16. The van der Waals surface area contributed by atoms with E-state index in [0.29, 0.717) is 11.4 Å². The van der Waals surface area contributed by atoms with Crippen LogP contribution in [0.3, 0.4) is 0 Å². The van der Waals surface area contributed by atoms with E-state index in [9.17, 15) is 0 Å². The molecule has 0 N–H and O–H groups in total. The van der Waals surface area contributed by atoms with Crippen LogP contribution in [-0.4, -0.2) is 15.0 Å². The van der Waals surface area contributed by atoms with Gasteiger partial charge in [-0.15, -0.1) is 0 Å². The molecule has 4 heteroatoms. The van der Waals surface area contributed by atoms with E-state index in [0.717, 1.165) is 38.9 Å². The van der Waals surface area contributed by atoms with Gasteiger partial charge < -0.3 is 0 Å². The van der Waals surface area contributed by atoms with Gasteiger partial charge in [-0.1, -0.05) is 25.6 Å². The second-order valence-electron chi connectivity index (χ2n) is 6.20. The number of rotatable bonds is 2. The molecule has 4 rings (SSSR count). The van der Waals surface area contributed by atoms with Crippen LogP contribution in [0.1, 0.15) is 24.2 Å². The van der Waals surface area contributed by atoms with Crippen molar-refractivity contribution in [1.29, 1.82) is 5.26 Å². The molecule has 0 unspecified atom stereocenters. The van der Waals surface area contributed by atoms with Crippen LogP contribution in [0.25, 0.3) is 33.4 Å². The highest BCUT2D eigenvalue weighted by Crippen LogP contribution is 2.31. The minimum absolute atomic E-state index is 0. The third-order valence-corrected chi connectivity index (χ3v) is 4.53. The standard InChI is InChI=1S/C22H16N4.CH4/c1-14-19(17-6-3-5-16(11-17)12-23)8-9-20-21(14)15(2)25-22(26-20)18-7-4-10-24-13-18;/h3-11,13H,1-2H3;1H4. The Morgan fingerprint density at radius 2 is 1.74 bits per heavy atom. The van der Waals surface area contributed by atoms with E-state index in [1.807, 2.05) is 49.4 Å². The molecule has 0 spiro atoms. The number of fused-ring (bicyclic) bond motifs is 1. The number of nitrogens with zero attached hydrogens (tertiary/aromatic N) is 4. The number of aryl methyl sites for hydroxylation is 2. The highest BCUT2D eigenvalue weighted by atomic mass is 14.9. The van der Waals surface area contributed by atoms with E-state index >= 15 is 0 Å². The van der Waals surface area contributed by atoms with Gasteiger partial charge in [0.2, 0.25) is 0 Å². The molecular formula is C23H20N4. The van der Waals surface area contributed by atoms with Gasteiger partial charge in [0.15, 0.2) is 5.82 Å². The first kappa shape index (κ1) is 18.2. The van der Waals surface area contributed by atoms with Crippen LogP contribution < -0.4 is 0 Å². The molecule has 0 aliphatic rings. The lowest BCUT2D eigenvalue weighted by molar-refractivity contribution is 1.14. The maximum Gasteiger partial charge on any atom is 0.161 e. The second kappa shape index (κ2) is 7.35. The van der Waals surface area contributed by atoms with Crippen molar-refractivity contribution in [2.24, 2.45) is 0 Å². The third kappa shape index (κ3) is 3.28. The molecule has 0 fully saturated rings. The summed E-state index contributed by atoms with van der Waals surface area (Å²) in [5, 5.41) is 10.2. The molecule has 4 nitrogen and oxygen atoms in total. The molecule has 2 aromatic carbocycles. The van der Waals surface area contributed by atoms with Crippen molar-refractivity contribution in [2.75, 3.05) is 0 Å². The third-order valence-electron chi connectivity index (χ3n) is 4.53. The Hall–Kier alpha value is -3.58. The van der Waals surface area contributed by atoms with Crippen LogP contribution in [0, 0.1) is 25.2 Å². The molecule has 27 heavy (non-hydrogen) atoms. The normalized spacial score (nSPS) is 10.3. The van der Waals surface area contributed by atoms with Crippen molar-refractivity contribution in [3.63, 3.8) is 0 Å². The first-order chi connectivity index (χ1) is 12.7. The summed E-state index contributed by atoms with van der Waals surface area (Å²) in [7, 11) is 0. The van der Waals surface area contributed by atoms with Crippen molar-refractivity contribution in [1.82, 2.24) is 15.0 Å². The van der Waals surface area contributed by atoms with Crippen molar-refractivity contribution >= 4 is 10.9 Å². The van der Waals surface area contributed by atoms with Gasteiger partial charge in [-0.25, -0.2) is 9.97 Å². The largest absolute Gasteiger partial charge is 0.264 e. The van der Waals surface area contributed by atoms with Crippen molar-refractivity contribution < 1.29 is 0 Å². The average molecular weight is 352 g/mol. The summed E-state index contributed by atoms with van der Waals surface area (Å²) in [5.41, 5.74) is 6.64. The van der Waals surface area contributed by atoms with Crippen LogP contribution in [0.4, 0.5) is 0 Å². The fraction of sp³-hybridized carbons (Fsp3) is 0.130. The molecule has 0 saturated heterocycles. The molecule has 2 heterocycles. The number of hydrogen-bond donors (Lipinski definition) is 0. The van der Waals surface area contributed by atoms with Gasteiger partial charge in [-0.2, -0.15) is 5.26 Å². The summed E-state index contributed by atoms with van der Waals surface area (Å²) in [6.07, 6.45) is 3.51. The van der Waals surface area contributed by atoms with E-state index in [1.54, 1.807) is 12.4 Å². The first-order valence-electron chi connectivity index (χ1n) is 8.36. The molecule has 0 radical (unpaired) electrons. The molecule has 0 atom stereocenters. The van der Waals surface area contributed by atoms with E-state index in [1.165, 1.54) is 0 Å². The molecule has 132 valence electrons. The number of hydrogen-bond acceptors (Lipinski definition) is 4. The molecule has 0 bridgehead atoms. The lowest BCUT2D eigenvalue weighted by atomic mass is 9.95. The molecule has 0 aliphatic carbocycles. The summed E-state index contributed by atoms with van der Waals surface area (Å²) in [5.74, 6) is 0.682. The van der Waals surface area contributed by atoms with Gasteiger partial charge in [0.1, 0.15) is 0 Å². The van der Waals surface area contributed by atoms with E-state index < -0.39 is 0 Å². The highest BCUT2D eigenvalue weighted by molar-refractivity contribution is 5.91. The van der Waals surface area contributed by atoms with Gasteiger partial charge in [0.05, 0.1) is 17.1 Å². The summed E-state index contributed by atoms with van der Waals surface area (Å²) in [4.78, 5) is 13.6. The fourth-order valence-corrected chi connectivity index (χ4v) is 3.29. The van der Waals surface area contributed by atoms with E-state index in [2.05, 4.69) is 24.0 Å². The zero-order chi connectivity index (χ0) is 18.1. The Kier molecular flexibility index (Phi) is 4.96. The molecule has 0 amide bonds. The zero-order valence-corrected chi connectivity index (χ0v) is 14.6. The van der Waals surface area contributed by atoms with Crippen molar-refractivity contribution in [3.8, 4) is 28.6 Å². The molecular weight excluding hydrogens is 332 g/mol. The summed E-state index contributed by atoms with van der Waals surface area (Å²) in [6.45, 7) is 4.09. The maximum absolute atomic E-state index is 9.16. The average Bonchev–Trinajstić information content (AvgIpc) is 2.68. The Morgan fingerprint density at radius 1 is 0.926 bits per heavy atom. The lowest BCUT2D eigenvalue weighted by Gasteiger charge is -2.12. The monoisotopic (exact) mass is 352 g/mol. The van der Waals surface area contributed by atoms with Gasteiger partial charge in [-0.3, -0.25) is 4.98 Å². The van der Waals surface area contributed by atoms with Crippen LogP contribution in [0.5, 0.6) is 0 Å². The Balaban J connectivity index is 0.00000210. The minimum Gasteiger partial charge on any atom is -0.264 e. The molecule has 2 aromatic heterocycles. The molecule has 0 aliphatic heterocycles. The Labute approximate surface area is 159 Å². The van der Waals surface area contributed by atoms with Gasteiger partial charge in [-0.05, 0) is 60.9 Å². The van der Waals surface area contributed by atoms with Gasteiger partial charge in [0, 0.05) is 29.0 Å². The van der Waals surface area contributed by atoms with Crippen molar-refractivity contribution in [2.45, 2.75) is 21.3 Å². The number of nitriles is 1. The van der Waals surface area contributed by atoms with Gasteiger partial charge >= 0.3 is 0 Å². The predicted molar refractivity (Wildman–Crippen MR) is 109 cm³/mol. The van der Waals surface area contributed by atoms with Crippen LogP contribution in [0.15, 0.2) is 60.9 Å². The molecule has 0 saturated carbocycles. The van der Waals surface area contributed by atoms with Crippen LogP contribution in [-0.2, 0) is 0 Å². The van der Waals surface area contributed by atoms with Crippen LogP contribution in [0.2, 0.25) is 0 Å². The SMILES string of the molecule is C.Cc1nc(-c2cccnc2)nc2ccc(-c3cccc(C#N)c3)c(C)c12. The fourth-order valence-electron chi connectivity index (χ4n) is 3.29. The lowest BCUT2D eigenvalue weighted by Crippen LogP contribution is -1.97. The number of benzene rings is 2. The first-order valence-corrected chi connectivity index (χ1v) is 8.36. The molecule has 4 aromatic rings. The number of pyridine rings is 1. The summed E-state index contributed by atoms with van der Waals surface area (Å²) in [6, 6.07) is 17.8. The minimum atomic E-state index is 0. The predicted octanol–water partition coefficient (Wildman–Crippen LogP) is 5.48. The smallest absolute Gasteiger partial charge is 0.161 e. The zero-order valence-electron chi connectivity index (χ0n) is 14.6. The van der Waals surface area contributed by atoms with Crippen LogP contribution >= 0.6 is 0 Å². The van der Waals surface area contributed by atoms with Crippen molar-refractivity contribution in [3.05, 3.63) is 77.7 Å². The Bertz CT molecular complexity index is 1160. The van der Waals surface area contributed by atoms with Gasteiger partial charge in [0.25, 0.3) is 0 Å². The summed E-state index contributed by atoms with van der Waals surface area (Å²) < 4.78 is 0. The quantitative estimate of drug-likeness (QED) is 0.479. The summed E-state index contributed by atoms with van der Waals surface area (Å²) >= 11 is 0.